The van der Waals surface area contributed by atoms with Gasteiger partial charge in [0.25, 0.3) is 6.43 Å². The number of ether oxygens (including phenoxy) is 1. The zero-order valence-corrected chi connectivity index (χ0v) is 12.1. The first-order valence-electron chi connectivity index (χ1n) is 6.88. The quantitative estimate of drug-likeness (QED) is 0.854. The van der Waals surface area contributed by atoms with Crippen molar-refractivity contribution in [3.8, 4) is 0 Å². The smallest absolute Gasteiger partial charge is 0.434 e. The fourth-order valence-electron chi connectivity index (χ4n) is 1.89. The van der Waals surface area contributed by atoms with Gasteiger partial charge in [0.15, 0.2) is 0 Å². The van der Waals surface area contributed by atoms with Crippen LogP contribution >= 0.6 is 0 Å². The van der Waals surface area contributed by atoms with Crippen molar-refractivity contribution in [2.75, 3.05) is 0 Å². The van der Waals surface area contributed by atoms with Crippen molar-refractivity contribution in [1.82, 2.24) is 0 Å². The molecule has 2 rings (SSSR count). The van der Waals surface area contributed by atoms with Crippen LogP contribution in [0.4, 0.5) is 13.6 Å². The van der Waals surface area contributed by atoms with Crippen molar-refractivity contribution >= 4 is 11.8 Å². The van der Waals surface area contributed by atoms with E-state index in [1.807, 2.05) is 0 Å². The number of hydrogen-bond acceptors (Lipinski definition) is 3. The summed E-state index contributed by atoms with van der Waals surface area (Å²) in [6.45, 7) is -0.0822. The highest BCUT2D eigenvalue weighted by molar-refractivity contribution is 5.98. The van der Waals surface area contributed by atoms with Gasteiger partial charge in [-0.25, -0.2) is 13.6 Å². The van der Waals surface area contributed by atoms with Crippen molar-refractivity contribution in [3.63, 3.8) is 0 Å². The van der Waals surface area contributed by atoms with Gasteiger partial charge < -0.3 is 9.84 Å². The Labute approximate surface area is 132 Å². The fraction of sp³-hybridized carbons (Fsp3) is 0.176. The minimum Gasteiger partial charge on any atom is -0.443 e. The molecule has 0 spiro atoms. The van der Waals surface area contributed by atoms with Crippen LogP contribution < -0.4 is 0 Å². The number of benzene rings is 2. The predicted molar refractivity (Wildman–Crippen MR) is 81.5 cm³/mol. The van der Waals surface area contributed by atoms with Gasteiger partial charge in [-0.2, -0.15) is 4.99 Å². The maximum Gasteiger partial charge on any atom is 0.434 e. The molecule has 23 heavy (non-hydrogen) atoms. The second-order valence-corrected chi connectivity index (χ2v) is 4.69. The normalized spacial score (nSPS) is 13.0. The summed E-state index contributed by atoms with van der Waals surface area (Å²) in [5.74, 6) is 0. The number of halogens is 2. The summed E-state index contributed by atoms with van der Waals surface area (Å²) in [4.78, 5) is 14.8. The number of aliphatic hydroxyl groups is 1. The molecule has 0 bridgehead atoms. The van der Waals surface area contributed by atoms with E-state index in [0.29, 0.717) is 5.56 Å². The second-order valence-electron chi connectivity index (χ2n) is 4.69. The van der Waals surface area contributed by atoms with Gasteiger partial charge in [-0.15, -0.1) is 0 Å². The Hall–Kier alpha value is -2.60. The van der Waals surface area contributed by atoms with Crippen molar-refractivity contribution in [2.45, 2.75) is 19.1 Å². The summed E-state index contributed by atoms with van der Waals surface area (Å²) >= 11 is 0. The molecule has 0 unspecified atom stereocenters. The lowest BCUT2D eigenvalue weighted by atomic mass is 10.1. The zero-order chi connectivity index (χ0) is 16.7. The molecule has 0 radical (unpaired) electrons. The van der Waals surface area contributed by atoms with E-state index < -0.39 is 24.3 Å². The summed E-state index contributed by atoms with van der Waals surface area (Å²) in [5.41, 5.74) is -0.00470. The number of rotatable bonds is 5. The summed E-state index contributed by atoms with van der Waals surface area (Å²) in [7, 11) is 0. The number of aliphatic imine (C=N–C) groups is 1. The third kappa shape index (κ3) is 4.96. The van der Waals surface area contributed by atoms with E-state index in [0.717, 1.165) is 0 Å². The SMILES string of the molecule is O=C(/N=C(\C(F)F)[C@H](O)c1ccccc1)OCc1ccccc1. The van der Waals surface area contributed by atoms with Gasteiger partial charge in [0, 0.05) is 0 Å². The standard InChI is InChI=1S/C17H15F2NO3/c18-16(19)14(15(21)13-9-5-2-6-10-13)20-17(22)23-11-12-7-3-1-4-8-12/h1-10,15-16,21H,11H2/b20-14-/t15-/m1/s1. The number of nitrogens with zero attached hydrogens (tertiary/aromatic N) is 1. The van der Waals surface area contributed by atoms with Crippen LogP contribution in [-0.4, -0.2) is 23.3 Å². The number of hydrogen-bond donors (Lipinski definition) is 1. The highest BCUT2D eigenvalue weighted by Crippen LogP contribution is 2.19. The lowest BCUT2D eigenvalue weighted by Crippen LogP contribution is -2.22. The molecule has 1 amide bonds. The first-order valence-corrected chi connectivity index (χ1v) is 6.88. The minimum absolute atomic E-state index is 0.0822. The summed E-state index contributed by atoms with van der Waals surface area (Å²) in [6.07, 6.45) is -5.91. The topological polar surface area (TPSA) is 58.9 Å². The van der Waals surface area contributed by atoms with Crippen molar-refractivity contribution in [3.05, 3.63) is 71.8 Å². The Balaban J connectivity index is 2.07. The first-order chi connectivity index (χ1) is 11.1. The van der Waals surface area contributed by atoms with Crippen molar-refractivity contribution < 1.29 is 23.4 Å². The monoisotopic (exact) mass is 319 g/mol. The van der Waals surface area contributed by atoms with Crippen LogP contribution in [0.5, 0.6) is 0 Å². The van der Waals surface area contributed by atoms with Gasteiger partial charge in [-0.05, 0) is 11.1 Å². The first kappa shape index (κ1) is 16.8. The molecule has 4 nitrogen and oxygen atoms in total. The Morgan fingerprint density at radius 2 is 1.61 bits per heavy atom. The van der Waals surface area contributed by atoms with Crippen LogP contribution in [0.2, 0.25) is 0 Å². The average Bonchev–Trinajstić information content (AvgIpc) is 2.58. The maximum atomic E-state index is 13.1. The lowest BCUT2D eigenvalue weighted by Gasteiger charge is -2.13. The molecule has 1 N–H and O–H groups in total. The second kappa shape index (κ2) is 8.14. The molecule has 120 valence electrons. The molecule has 1 atom stereocenters. The predicted octanol–water partition coefficient (Wildman–Crippen LogP) is 3.76. The van der Waals surface area contributed by atoms with E-state index in [1.165, 1.54) is 12.1 Å². The van der Waals surface area contributed by atoms with Gasteiger partial charge in [0.05, 0.1) is 0 Å². The molecule has 0 heterocycles. The van der Waals surface area contributed by atoms with Crippen molar-refractivity contribution in [2.24, 2.45) is 4.99 Å². The molecular formula is C17H15F2NO3. The van der Waals surface area contributed by atoms with E-state index in [4.69, 9.17) is 4.74 Å². The van der Waals surface area contributed by atoms with E-state index >= 15 is 0 Å². The summed E-state index contributed by atoms with van der Waals surface area (Å²) < 4.78 is 30.9. The molecule has 6 heteroatoms. The van der Waals surface area contributed by atoms with Gasteiger partial charge in [-0.1, -0.05) is 60.7 Å². The highest BCUT2D eigenvalue weighted by Gasteiger charge is 2.25. The largest absolute Gasteiger partial charge is 0.443 e. The molecule has 0 aliphatic heterocycles. The zero-order valence-electron chi connectivity index (χ0n) is 12.1. The lowest BCUT2D eigenvalue weighted by molar-refractivity contribution is 0.146. The third-order valence-electron chi connectivity index (χ3n) is 3.04. The molecular weight excluding hydrogens is 304 g/mol. The van der Waals surface area contributed by atoms with Crippen LogP contribution in [0, 0.1) is 0 Å². The Kier molecular flexibility index (Phi) is 5.94. The Morgan fingerprint density at radius 1 is 1.04 bits per heavy atom. The molecule has 0 aliphatic carbocycles. The Bertz CT molecular complexity index is 660. The number of amides is 1. The Morgan fingerprint density at radius 3 is 2.17 bits per heavy atom. The molecule has 0 saturated carbocycles. The molecule has 2 aromatic carbocycles. The molecule has 2 aromatic rings. The van der Waals surface area contributed by atoms with Gasteiger partial charge in [0.2, 0.25) is 0 Å². The maximum absolute atomic E-state index is 13.1. The fourth-order valence-corrected chi connectivity index (χ4v) is 1.89. The van der Waals surface area contributed by atoms with Gasteiger partial charge in [-0.3, -0.25) is 0 Å². The van der Waals surface area contributed by atoms with Crippen LogP contribution in [0.3, 0.4) is 0 Å². The van der Waals surface area contributed by atoms with Crippen LogP contribution in [0.25, 0.3) is 0 Å². The number of carbonyl (C=O) groups excluding carboxylic acids is 1. The molecule has 0 aliphatic rings. The minimum atomic E-state index is -3.07. The van der Waals surface area contributed by atoms with Crippen molar-refractivity contribution in [1.29, 1.82) is 0 Å². The number of carbonyl (C=O) groups is 1. The van der Waals surface area contributed by atoms with E-state index in [9.17, 15) is 18.7 Å². The summed E-state index contributed by atoms with van der Waals surface area (Å²) in [6, 6.07) is 16.6. The third-order valence-corrected chi connectivity index (χ3v) is 3.04. The highest BCUT2D eigenvalue weighted by atomic mass is 19.3. The van der Waals surface area contributed by atoms with Crippen LogP contribution in [0.15, 0.2) is 65.7 Å². The van der Waals surface area contributed by atoms with Crippen LogP contribution in [-0.2, 0) is 11.3 Å². The number of alkyl halides is 2. The average molecular weight is 319 g/mol. The van der Waals surface area contributed by atoms with E-state index in [2.05, 4.69) is 4.99 Å². The summed E-state index contributed by atoms with van der Waals surface area (Å²) in [5, 5.41) is 9.97. The van der Waals surface area contributed by atoms with E-state index in [1.54, 1.807) is 48.5 Å². The van der Waals surface area contributed by atoms with Gasteiger partial charge >= 0.3 is 6.09 Å². The van der Waals surface area contributed by atoms with Gasteiger partial charge in [0.1, 0.15) is 18.4 Å². The van der Waals surface area contributed by atoms with E-state index in [-0.39, 0.29) is 12.2 Å². The number of aliphatic hydroxyl groups excluding tert-OH is 1. The molecule has 0 saturated heterocycles. The molecule has 0 fully saturated rings. The molecule has 0 aromatic heterocycles. The van der Waals surface area contributed by atoms with Crippen LogP contribution in [0.1, 0.15) is 17.2 Å².